The van der Waals surface area contributed by atoms with Gasteiger partial charge in [0.15, 0.2) is 5.13 Å². The number of amides is 1. The number of hydrogen-bond donors (Lipinski definition) is 1. The molecule has 7 heteroatoms. The summed E-state index contributed by atoms with van der Waals surface area (Å²) in [4.78, 5) is 14.1. The van der Waals surface area contributed by atoms with Crippen molar-refractivity contribution in [3.05, 3.63) is 9.98 Å². The molecule has 0 aliphatic heterocycles. The normalized spacial score (nSPS) is 10.3. The zero-order valence-electron chi connectivity index (χ0n) is 5.55. The van der Waals surface area contributed by atoms with Crippen molar-refractivity contribution in [3.8, 4) is 0 Å². The van der Waals surface area contributed by atoms with Crippen LogP contribution >= 0.6 is 27.3 Å². The van der Waals surface area contributed by atoms with Gasteiger partial charge in [-0.1, -0.05) is 11.3 Å². The third kappa shape index (κ3) is 2.49. The molecule has 12 heavy (non-hydrogen) atoms. The first-order valence-corrected chi connectivity index (χ1v) is 4.41. The van der Waals surface area contributed by atoms with Crippen LogP contribution in [0.4, 0.5) is 13.9 Å². The fourth-order valence-corrected chi connectivity index (χ4v) is 1.58. The zero-order valence-corrected chi connectivity index (χ0v) is 7.95. The number of carbonyl (C=O) groups excluding carboxylic acids is 1. The Kier molecular flexibility index (Phi) is 3.10. The van der Waals surface area contributed by atoms with E-state index in [4.69, 9.17) is 0 Å². The van der Waals surface area contributed by atoms with Gasteiger partial charge in [0.05, 0.1) is 9.98 Å². The predicted octanol–water partition coefficient (Wildman–Crippen LogP) is 2.11. The molecule has 1 N–H and O–H groups in total. The van der Waals surface area contributed by atoms with E-state index in [2.05, 4.69) is 20.9 Å². The van der Waals surface area contributed by atoms with Crippen molar-refractivity contribution in [2.45, 2.75) is 6.43 Å². The number of thiazole rings is 1. The Hall–Kier alpha value is -0.560. The van der Waals surface area contributed by atoms with Crippen LogP contribution in [-0.2, 0) is 4.79 Å². The van der Waals surface area contributed by atoms with Gasteiger partial charge in [-0.15, -0.1) is 0 Å². The largest absolute Gasteiger partial charge is 0.315 e. The van der Waals surface area contributed by atoms with E-state index in [1.165, 1.54) is 6.20 Å². The van der Waals surface area contributed by atoms with Gasteiger partial charge in [0.25, 0.3) is 5.91 Å². The highest BCUT2D eigenvalue weighted by Gasteiger charge is 2.16. The molecule has 66 valence electrons. The van der Waals surface area contributed by atoms with E-state index >= 15 is 0 Å². The SMILES string of the molecule is O=C(Nc1ncc(Br)s1)C(F)F. The maximum atomic E-state index is 11.7. The van der Waals surface area contributed by atoms with Crippen molar-refractivity contribution in [2.75, 3.05) is 5.32 Å². The maximum absolute atomic E-state index is 11.7. The molecule has 1 aromatic heterocycles. The molecule has 0 atom stereocenters. The second-order valence-electron chi connectivity index (χ2n) is 1.76. The highest BCUT2D eigenvalue weighted by molar-refractivity contribution is 9.11. The molecule has 3 nitrogen and oxygen atoms in total. The van der Waals surface area contributed by atoms with Gasteiger partial charge in [0, 0.05) is 0 Å². The van der Waals surface area contributed by atoms with Crippen LogP contribution in [0.2, 0.25) is 0 Å². The summed E-state index contributed by atoms with van der Waals surface area (Å²) in [5.41, 5.74) is 0. The Morgan fingerprint density at radius 2 is 2.42 bits per heavy atom. The molecular weight excluding hydrogens is 254 g/mol. The number of halogens is 3. The number of alkyl halides is 2. The van der Waals surface area contributed by atoms with Gasteiger partial charge in [-0.25, -0.2) is 4.98 Å². The van der Waals surface area contributed by atoms with Crippen molar-refractivity contribution < 1.29 is 13.6 Å². The molecule has 0 saturated carbocycles. The fraction of sp³-hybridized carbons (Fsp3) is 0.200. The van der Waals surface area contributed by atoms with Crippen LogP contribution < -0.4 is 5.32 Å². The molecule has 0 fully saturated rings. The Balaban J connectivity index is 2.58. The molecule has 0 aliphatic rings. The van der Waals surface area contributed by atoms with Gasteiger partial charge in [0.2, 0.25) is 0 Å². The molecule has 0 aliphatic carbocycles. The van der Waals surface area contributed by atoms with E-state index in [0.29, 0.717) is 3.79 Å². The van der Waals surface area contributed by atoms with Crippen molar-refractivity contribution in [1.82, 2.24) is 4.98 Å². The topological polar surface area (TPSA) is 42.0 Å². The summed E-state index contributed by atoms with van der Waals surface area (Å²) in [6.45, 7) is 0. The highest BCUT2D eigenvalue weighted by Crippen LogP contribution is 2.23. The summed E-state index contributed by atoms with van der Waals surface area (Å²) in [6, 6.07) is 0. The summed E-state index contributed by atoms with van der Waals surface area (Å²) < 4.78 is 24.0. The summed E-state index contributed by atoms with van der Waals surface area (Å²) in [5, 5.41) is 2.11. The van der Waals surface area contributed by atoms with Crippen molar-refractivity contribution in [3.63, 3.8) is 0 Å². The van der Waals surface area contributed by atoms with Gasteiger partial charge < -0.3 is 0 Å². The van der Waals surface area contributed by atoms with Crippen LogP contribution in [0.3, 0.4) is 0 Å². The van der Waals surface area contributed by atoms with E-state index in [-0.39, 0.29) is 5.13 Å². The van der Waals surface area contributed by atoms with Gasteiger partial charge >= 0.3 is 6.43 Å². The van der Waals surface area contributed by atoms with E-state index < -0.39 is 12.3 Å². The number of rotatable bonds is 2. The van der Waals surface area contributed by atoms with Gasteiger partial charge in [0.1, 0.15) is 0 Å². The fourth-order valence-electron chi connectivity index (χ4n) is 0.472. The molecule has 1 aromatic rings. The van der Waals surface area contributed by atoms with Crippen LogP contribution in [0, 0.1) is 0 Å². The molecule has 0 saturated heterocycles. The van der Waals surface area contributed by atoms with Crippen molar-refractivity contribution in [1.29, 1.82) is 0 Å². The molecule has 1 heterocycles. The average Bonchev–Trinajstić information content (AvgIpc) is 2.35. The summed E-state index contributed by atoms with van der Waals surface area (Å²) >= 11 is 4.15. The van der Waals surface area contributed by atoms with Gasteiger partial charge in [-0.2, -0.15) is 8.78 Å². The lowest BCUT2D eigenvalue weighted by Crippen LogP contribution is -2.19. The quantitative estimate of drug-likeness (QED) is 0.881. The number of carbonyl (C=O) groups is 1. The second kappa shape index (κ2) is 3.90. The minimum atomic E-state index is -3.01. The molecule has 1 rings (SSSR count). The van der Waals surface area contributed by atoms with Crippen LogP contribution in [0.5, 0.6) is 0 Å². The molecule has 0 bridgehead atoms. The summed E-state index contributed by atoms with van der Waals surface area (Å²) in [7, 11) is 0. The van der Waals surface area contributed by atoms with E-state index in [9.17, 15) is 13.6 Å². The number of nitrogens with one attached hydrogen (secondary N) is 1. The van der Waals surface area contributed by atoms with Crippen LogP contribution in [0.1, 0.15) is 0 Å². The Bertz CT molecular complexity index is 291. The lowest BCUT2D eigenvalue weighted by atomic mass is 10.6. The molecule has 0 spiro atoms. The first-order valence-electron chi connectivity index (χ1n) is 2.80. The van der Waals surface area contributed by atoms with Crippen LogP contribution in [-0.4, -0.2) is 17.3 Å². The maximum Gasteiger partial charge on any atom is 0.315 e. The van der Waals surface area contributed by atoms with Gasteiger partial charge in [-0.3, -0.25) is 10.1 Å². The smallest absolute Gasteiger partial charge is 0.297 e. The lowest BCUT2D eigenvalue weighted by molar-refractivity contribution is -0.126. The Labute approximate surface area is 78.9 Å². The average molecular weight is 257 g/mol. The third-order valence-corrected chi connectivity index (χ3v) is 2.30. The standard InChI is InChI=1S/C5H3BrF2N2OS/c6-2-1-9-5(12-2)10-4(11)3(7)8/h1,3H,(H,9,10,11). The first kappa shape index (κ1) is 9.53. The zero-order chi connectivity index (χ0) is 9.14. The molecule has 0 unspecified atom stereocenters. The van der Waals surface area contributed by atoms with Gasteiger partial charge in [-0.05, 0) is 15.9 Å². The third-order valence-electron chi connectivity index (χ3n) is 0.906. The molecule has 1 amide bonds. The second-order valence-corrected chi connectivity index (χ2v) is 4.17. The Morgan fingerprint density at radius 3 is 2.83 bits per heavy atom. The minimum Gasteiger partial charge on any atom is -0.297 e. The number of nitrogens with zero attached hydrogens (tertiary/aromatic N) is 1. The summed E-state index contributed by atoms with van der Waals surface area (Å²) in [6.07, 6.45) is -1.58. The molecule has 0 radical (unpaired) electrons. The van der Waals surface area contributed by atoms with Crippen molar-refractivity contribution in [2.24, 2.45) is 0 Å². The van der Waals surface area contributed by atoms with E-state index in [0.717, 1.165) is 11.3 Å². The number of hydrogen-bond acceptors (Lipinski definition) is 3. The van der Waals surface area contributed by atoms with E-state index in [1.807, 2.05) is 5.32 Å². The first-order chi connectivity index (χ1) is 5.59. The van der Waals surface area contributed by atoms with Crippen LogP contribution in [0.25, 0.3) is 0 Å². The monoisotopic (exact) mass is 256 g/mol. The van der Waals surface area contributed by atoms with Crippen LogP contribution in [0.15, 0.2) is 9.98 Å². The number of aromatic nitrogens is 1. The summed E-state index contributed by atoms with van der Waals surface area (Å²) in [5.74, 6) is -1.34. The molecule has 0 aromatic carbocycles. The van der Waals surface area contributed by atoms with E-state index in [1.54, 1.807) is 0 Å². The Morgan fingerprint density at radius 1 is 1.75 bits per heavy atom. The minimum absolute atomic E-state index is 0.159. The molecular formula is C5H3BrF2N2OS. The highest BCUT2D eigenvalue weighted by atomic mass is 79.9. The predicted molar refractivity (Wildman–Crippen MR) is 44.4 cm³/mol. The lowest BCUT2D eigenvalue weighted by Gasteiger charge is -1.97. The number of anilines is 1. The van der Waals surface area contributed by atoms with Crippen molar-refractivity contribution >= 4 is 38.3 Å².